The summed E-state index contributed by atoms with van der Waals surface area (Å²) in [4.78, 5) is 29.1. The highest BCUT2D eigenvalue weighted by Gasteiger charge is 2.53. The normalized spacial score (nSPS) is 27.2. The molecule has 1 saturated carbocycles. The molecule has 0 aromatic heterocycles. The molecule has 0 spiro atoms. The van der Waals surface area contributed by atoms with Crippen LogP contribution in [0.5, 0.6) is 0 Å². The average Bonchev–Trinajstić information content (AvgIpc) is 2.40. The Hall–Kier alpha value is -1.30. The molecule has 2 atom stereocenters. The lowest BCUT2D eigenvalue weighted by Gasteiger charge is -2.49. The smallest absolute Gasteiger partial charge is 0.408 e. The minimum Gasteiger partial charge on any atom is -0.444 e. The summed E-state index contributed by atoms with van der Waals surface area (Å²) in [6, 6.07) is -0.599. The first-order chi connectivity index (χ1) is 9.83. The maximum absolute atomic E-state index is 12.1. The van der Waals surface area contributed by atoms with Crippen molar-refractivity contribution in [2.75, 3.05) is 7.11 Å². The van der Waals surface area contributed by atoms with Gasteiger partial charge in [-0.15, -0.1) is 0 Å². The third-order valence-electron chi connectivity index (χ3n) is 4.10. The molecule has 120 valence electrons. The molecule has 1 N–H and O–H groups in total. The first kappa shape index (κ1) is 16.1. The highest BCUT2D eigenvalue weighted by atomic mass is 16.7. The van der Waals surface area contributed by atoms with Gasteiger partial charge in [-0.2, -0.15) is 0 Å². The standard InChI is InChI=1S/C15H26N2O4/c1-15(2,3)21-14(19)16-11-12(17(20-4)13(11)18)10-8-6-5-7-9-10/h10-12H,5-9H2,1-4H3,(H,16,19)/t11-,12-/m1/s1. The van der Waals surface area contributed by atoms with Crippen molar-refractivity contribution in [2.45, 2.75) is 70.6 Å². The number of amides is 2. The summed E-state index contributed by atoms with van der Waals surface area (Å²) in [6.07, 6.45) is 5.19. The molecule has 2 amide bonds. The topological polar surface area (TPSA) is 67.9 Å². The Bertz CT molecular complexity index is 399. The van der Waals surface area contributed by atoms with Crippen molar-refractivity contribution in [1.29, 1.82) is 0 Å². The van der Waals surface area contributed by atoms with Gasteiger partial charge < -0.3 is 10.1 Å². The van der Waals surface area contributed by atoms with Gasteiger partial charge in [-0.3, -0.25) is 9.63 Å². The summed E-state index contributed by atoms with van der Waals surface area (Å²) in [5.74, 6) is 0.190. The van der Waals surface area contributed by atoms with Crippen LogP contribution >= 0.6 is 0 Å². The van der Waals surface area contributed by atoms with E-state index in [1.807, 2.05) is 0 Å². The third kappa shape index (κ3) is 3.67. The van der Waals surface area contributed by atoms with E-state index in [4.69, 9.17) is 9.57 Å². The van der Waals surface area contributed by atoms with Crippen molar-refractivity contribution < 1.29 is 19.2 Å². The highest BCUT2D eigenvalue weighted by Crippen LogP contribution is 2.36. The van der Waals surface area contributed by atoms with Crippen LogP contribution in [0.2, 0.25) is 0 Å². The van der Waals surface area contributed by atoms with Crippen molar-refractivity contribution >= 4 is 12.0 Å². The summed E-state index contributed by atoms with van der Waals surface area (Å²) in [7, 11) is 1.50. The van der Waals surface area contributed by atoms with Gasteiger partial charge in [-0.25, -0.2) is 9.86 Å². The molecule has 1 aliphatic carbocycles. The van der Waals surface area contributed by atoms with Gasteiger partial charge in [0.05, 0.1) is 13.2 Å². The number of carbonyl (C=O) groups excluding carboxylic acids is 2. The number of alkyl carbamates (subject to hydrolysis) is 1. The van der Waals surface area contributed by atoms with Crippen molar-refractivity contribution in [2.24, 2.45) is 5.92 Å². The SMILES string of the molecule is CON1C(=O)[C@H](NC(=O)OC(C)(C)C)[C@H]1C1CCCCC1. The van der Waals surface area contributed by atoms with Crippen LogP contribution in [-0.4, -0.2) is 41.9 Å². The molecule has 6 nitrogen and oxygen atoms in total. The fraction of sp³-hybridized carbons (Fsp3) is 0.867. The fourth-order valence-electron chi connectivity index (χ4n) is 3.22. The molecule has 1 aliphatic heterocycles. The second-order valence-corrected chi connectivity index (χ2v) is 6.86. The largest absolute Gasteiger partial charge is 0.444 e. The molecule has 1 heterocycles. The van der Waals surface area contributed by atoms with Crippen LogP contribution in [0.3, 0.4) is 0 Å². The molecule has 0 unspecified atom stereocenters. The van der Waals surface area contributed by atoms with Gasteiger partial charge in [0.1, 0.15) is 11.6 Å². The second-order valence-electron chi connectivity index (χ2n) is 6.86. The lowest BCUT2D eigenvalue weighted by atomic mass is 9.77. The minimum absolute atomic E-state index is 0.0738. The van der Waals surface area contributed by atoms with Crippen molar-refractivity contribution in [3.8, 4) is 0 Å². The Morgan fingerprint density at radius 3 is 2.38 bits per heavy atom. The maximum atomic E-state index is 12.1. The summed E-state index contributed by atoms with van der Waals surface area (Å²) < 4.78 is 5.24. The van der Waals surface area contributed by atoms with E-state index in [1.165, 1.54) is 31.4 Å². The van der Waals surface area contributed by atoms with Crippen LogP contribution in [0.25, 0.3) is 0 Å². The number of hydrogen-bond acceptors (Lipinski definition) is 4. The van der Waals surface area contributed by atoms with Crippen LogP contribution in [0.15, 0.2) is 0 Å². The predicted octanol–water partition coefficient (Wildman–Crippen LogP) is 2.23. The monoisotopic (exact) mass is 298 g/mol. The molecular formula is C15H26N2O4. The van der Waals surface area contributed by atoms with Gasteiger partial charge >= 0.3 is 6.09 Å². The number of hydroxylamine groups is 2. The van der Waals surface area contributed by atoms with E-state index in [0.717, 1.165) is 12.8 Å². The first-order valence-electron chi connectivity index (χ1n) is 7.70. The van der Waals surface area contributed by atoms with E-state index in [9.17, 15) is 9.59 Å². The van der Waals surface area contributed by atoms with Gasteiger partial charge in [0.2, 0.25) is 0 Å². The first-order valence-corrected chi connectivity index (χ1v) is 7.70. The van der Waals surface area contributed by atoms with Gasteiger partial charge in [0, 0.05) is 0 Å². The number of nitrogens with one attached hydrogen (secondary N) is 1. The summed E-state index contributed by atoms with van der Waals surface area (Å²) >= 11 is 0. The van der Waals surface area contributed by atoms with Crippen LogP contribution in [0, 0.1) is 5.92 Å². The molecular weight excluding hydrogens is 272 g/mol. The molecule has 21 heavy (non-hydrogen) atoms. The zero-order chi connectivity index (χ0) is 15.6. The predicted molar refractivity (Wildman–Crippen MR) is 77.4 cm³/mol. The fourth-order valence-corrected chi connectivity index (χ4v) is 3.22. The van der Waals surface area contributed by atoms with Crippen molar-refractivity contribution in [1.82, 2.24) is 10.4 Å². The van der Waals surface area contributed by atoms with Crippen LogP contribution in [0.1, 0.15) is 52.9 Å². The number of ether oxygens (including phenoxy) is 1. The zero-order valence-electron chi connectivity index (χ0n) is 13.3. The Morgan fingerprint density at radius 2 is 1.86 bits per heavy atom. The Balaban J connectivity index is 1.99. The Morgan fingerprint density at radius 1 is 1.24 bits per heavy atom. The van der Waals surface area contributed by atoms with E-state index >= 15 is 0 Å². The number of β-lactam (4-membered cyclic amide) rings is 1. The number of hydrogen-bond donors (Lipinski definition) is 1. The van der Waals surface area contributed by atoms with E-state index in [0.29, 0.717) is 5.92 Å². The van der Waals surface area contributed by atoms with Gasteiger partial charge in [-0.05, 0) is 39.5 Å². The molecule has 0 bridgehead atoms. The van der Waals surface area contributed by atoms with E-state index in [2.05, 4.69) is 5.32 Å². The molecule has 2 rings (SSSR count). The van der Waals surface area contributed by atoms with Crippen LogP contribution in [0.4, 0.5) is 4.79 Å². The molecule has 0 aromatic rings. The Kier molecular flexibility index (Phi) is 4.76. The third-order valence-corrected chi connectivity index (χ3v) is 4.10. The highest BCUT2D eigenvalue weighted by molar-refractivity contribution is 5.91. The van der Waals surface area contributed by atoms with Crippen molar-refractivity contribution in [3.63, 3.8) is 0 Å². The molecule has 2 fully saturated rings. The van der Waals surface area contributed by atoms with E-state index in [-0.39, 0.29) is 11.9 Å². The molecule has 6 heteroatoms. The summed E-state index contributed by atoms with van der Waals surface area (Å²) in [5.41, 5.74) is -0.571. The van der Waals surface area contributed by atoms with E-state index in [1.54, 1.807) is 20.8 Å². The molecule has 1 saturated heterocycles. The molecule has 0 radical (unpaired) electrons. The quantitative estimate of drug-likeness (QED) is 0.811. The number of rotatable bonds is 3. The Labute approximate surface area is 126 Å². The summed E-state index contributed by atoms with van der Waals surface area (Å²) in [6.45, 7) is 5.40. The molecule has 2 aliphatic rings. The summed E-state index contributed by atoms with van der Waals surface area (Å²) in [5, 5.41) is 4.10. The molecule has 0 aromatic carbocycles. The second kappa shape index (κ2) is 6.22. The van der Waals surface area contributed by atoms with Gasteiger partial charge in [-0.1, -0.05) is 19.3 Å². The number of nitrogens with zero attached hydrogens (tertiary/aromatic N) is 1. The average molecular weight is 298 g/mol. The zero-order valence-corrected chi connectivity index (χ0v) is 13.3. The van der Waals surface area contributed by atoms with Crippen molar-refractivity contribution in [3.05, 3.63) is 0 Å². The van der Waals surface area contributed by atoms with E-state index < -0.39 is 17.7 Å². The lowest BCUT2D eigenvalue weighted by Crippen LogP contribution is -2.72. The van der Waals surface area contributed by atoms with Gasteiger partial charge in [0.25, 0.3) is 5.91 Å². The lowest BCUT2D eigenvalue weighted by molar-refractivity contribution is -0.232. The maximum Gasteiger partial charge on any atom is 0.408 e. The number of carbonyl (C=O) groups is 2. The van der Waals surface area contributed by atoms with Crippen LogP contribution < -0.4 is 5.32 Å². The van der Waals surface area contributed by atoms with Gasteiger partial charge in [0.15, 0.2) is 0 Å². The van der Waals surface area contributed by atoms with Crippen LogP contribution in [-0.2, 0) is 14.4 Å². The minimum atomic E-state index is -0.571.